The number of nitrogens with zero attached hydrogens (tertiary/aromatic N) is 4. The van der Waals surface area contributed by atoms with Gasteiger partial charge in [0.05, 0.1) is 23.5 Å². The number of nitriles is 1. The zero-order valence-corrected chi connectivity index (χ0v) is 14.1. The predicted octanol–water partition coefficient (Wildman–Crippen LogP) is 2.52. The first-order valence-corrected chi connectivity index (χ1v) is 8.32. The van der Waals surface area contributed by atoms with Crippen LogP contribution in [0.3, 0.4) is 0 Å². The van der Waals surface area contributed by atoms with Crippen LogP contribution in [0.2, 0.25) is 5.02 Å². The van der Waals surface area contributed by atoms with Crippen molar-refractivity contribution < 1.29 is 9.53 Å². The summed E-state index contributed by atoms with van der Waals surface area (Å²) in [6, 6.07) is 3.62. The number of carbonyl (C=O) groups excluding carboxylic acids is 1. The molecule has 3 rings (SSSR count). The number of hydrogen-bond donors (Lipinski definition) is 1. The lowest BCUT2D eigenvalue weighted by atomic mass is 9.93. The molecular formula is C17H16ClN5O2. The van der Waals surface area contributed by atoms with Crippen LogP contribution < -0.4 is 10.1 Å². The average Bonchev–Trinajstić information content (AvgIpc) is 2.64. The summed E-state index contributed by atoms with van der Waals surface area (Å²) in [4.78, 5) is 23.9. The quantitative estimate of drug-likeness (QED) is 0.902. The van der Waals surface area contributed by atoms with Crippen LogP contribution in [0, 0.1) is 11.3 Å². The standard InChI is InChI=1S/C17H16ClN5O2/c18-14-7-13(9-22-15(14)8-19)25-12-3-1-11(2-4-12)23-17(24)16-10-20-5-6-21-16/h5-7,9-12H,1-4H2,(H,23,24)/t11-,12-. The molecule has 0 aromatic carbocycles. The van der Waals surface area contributed by atoms with Gasteiger partial charge in [0, 0.05) is 24.5 Å². The van der Waals surface area contributed by atoms with Gasteiger partial charge in [-0.3, -0.25) is 9.78 Å². The Morgan fingerprint density at radius 3 is 2.68 bits per heavy atom. The Bertz CT molecular complexity index is 785. The number of rotatable bonds is 4. The summed E-state index contributed by atoms with van der Waals surface area (Å²) in [5.41, 5.74) is 0.503. The minimum absolute atomic E-state index is 0.0375. The summed E-state index contributed by atoms with van der Waals surface area (Å²) in [5.74, 6) is 0.344. The molecule has 1 fully saturated rings. The van der Waals surface area contributed by atoms with Gasteiger partial charge in [0.25, 0.3) is 5.91 Å². The highest BCUT2D eigenvalue weighted by Gasteiger charge is 2.24. The smallest absolute Gasteiger partial charge is 0.271 e. The molecule has 128 valence electrons. The molecule has 8 heteroatoms. The molecule has 1 aliphatic rings. The monoisotopic (exact) mass is 357 g/mol. The fraction of sp³-hybridized carbons (Fsp3) is 0.353. The Morgan fingerprint density at radius 2 is 2.04 bits per heavy atom. The summed E-state index contributed by atoms with van der Waals surface area (Å²) in [7, 11) is 0. The van der Waals surface area contributed by atoms with Crippen LogP contribution in [-0.2, 0) is 0 Å². The molecule has 0 aliphatic heterocycles. The van der Waals surface area contributed by atoms with Gasteiger partial charge in [0.15, 0.2) is 5.69 Å². The van der Waals surface area contributed by atoms with E-state index in [0.717, 1.165) is 25.7 Å². The van der Waals surface area contributed by atoms with Crippen molar-refractivity contribution in [2.75, 3.05) is 0 Å². The fourth-order valence-corrected chi connectivity index (χ4v) is 2.96. The summed E-state index contributed by atoms with van der Waals surface area (Å²) in [6.45, 7) is 0. The summed E-state index contributed by atoms with van der Waals surface area (Å²) >= 11 is 5.96. The SMILES string of the molecule is N#Cc1ncc(O[C@H]2CC[C@H](NC(=O)c3cnccn3)CC2)cc1Cl. The van der Waals surface area contributed by atoms with Crippen LogP contribution in [0.15, 0.2) is 30.9 Å². The molecular weight excluding hydrogens is 342 g/mol. The van der Waals surface area contributed by atoms with Crippen LogP contribution >= 0.6 is 11.6 Å². The van der Waals surface area contributed by atoms with E-state index in [0.29, 0.717) is 11.4 Å². The zero-order valence-electron chi connectivity index (χ0n) is 13.4. The summed E-state index contributed by atoms with van der Waals surface area (Å²) < 4.78 is 5.88. The number of carbonyl (C=O) groups is 1. The number of nitrogens with one attached hydrogen (secondary N) is 1. The lowest BCUT2D eigenvalue weighted by molar-refractivity contribution is 0.0888. The highest BCUT2D eigenvalue weighted by Crippen LogP contribution is 2.26. The van der Waals surface area contributed by atoms with Gasteiger partial charge in [0.1, 0.15) is 17.5 Å². The van der Waals surface area contributed by atoms with Gasteiger partial charge in [0.2, 0.25) is 0 Å². The molecule has 1 N–H and O–H groups in total. The van der Waals surface area contributed by atoms with E-state index in [1.165, 1.54) is 24.8 Å². The number of hydrogen-bond acceptors (Lipinski definition) is 6. The highest BCUT2D eigenvalue weighted by atomic mass is 35.5. The molecule has 25 heavy (non-hydrogen) atoms. The van der Waals surface area contributed by atoms with Crippen molar-refractivity contribution in [3.05, 3.63) is 47.3 Å². The third-order valence-corrected chi connectivity index (χ3v) is 4.32. The molecule has 0 unspecified atom stereocenters. The van der Waals surface area contributed by atoms with Crippen molar-refractivity contribution in [1.29, 1.82) is 5.26 Å². The van der Waals surface area contributed by atoms with E-state index in [1.807, 2.05) is 6.07 Å². The maximum absolute atomic E-state index is 12.1. The van der Waals surface area contributed by atoms with E-state index in [1.54, 1.807) is 6.07 Å². The third-order valence-electron chi connectivity index (χ3n) is 4.03. The van der Waals surface area contributed by atoms with Crippen LogP contribution in [-0.4, -0.2) is 33.0 Å². The molecule has 0 bridgehead atoms. The average molecular weight is 358 g/mol. The Balaban J connectivity index is 1.50. The maximum Gasteiger partial charge on any atom is 0.271 e. The largest absolute Gasteiger partial charge is 0.489 e. The lowest BCUT2D eigenvalue weighted by Crippen LogP contribution is -2.40. The van der Waals surface area contributed by atoms with E-state index in [2.05, 4.69) is 20.3 Å². The van der Waals surface area contributed by atoms with Gasteiger partial charge in [-0.1, -0.05) is 11.6 Å². The molecule has 0 atom stereocenters. The molecule has 2 aromatic rings. The predicted molar refractivity (Wildman–Crippen MR) is 90.1 cm³/mol. The second-order valence-corrected chi connectivity index (χ2v) is 6.18. The molecule has 2 aromatic heterocycles. The van der Waals surface area contributed by atoms with Gasteiger partial charge >= 0.3 is 0 Å². The second kappa shape index (κ2) is 7.90. The second-order valence-electron chi connectivity index (χ2n) is 5.77. The van der Waals surface area contributed by atoms with Gasteiger partial charge in [-0.25, -0.2) is 9.97 Å². The molecule has 2 heterocycles. The first-order valence-electron chi connectivity index (χ1n) is 7.95. The van der Waals surface area contributed by atoms with Crippen molar-refractivity contribution in [3.63, 3.8) is 0 Å². The Kier molecular flexibility index (Phi) is 5.41. The van der Waals surface area contributed by atoms with E-state index in [-0.39, 0.29) is 28.8 Å². The lowest BCUT2D eigenvalue weighted by Gasteiger charge is -2.29. The first-order chi connectivity index (χ1) is 12.2. The van der Waals surface area contributed by atoms with Crippen molar-refractivity contribution >= 4 is 17.5 Å². The first kappa shape index (κ1) is 17.1. The van der Waals surface area contributed by atoms with Gasteiger partial charge in [-0.2, -0.15) is 5.26 Å². The van der Waals surface area contributed by atoms with Crippen LogP contribution in [0.25, 0.3) is 0 Å². The maximum atomic E-state index is 12.1. The third kappa shape index (κ3) is 4.43. The van der Waals surface area contributed by atoms with E-state index in [9.17, 15) is 4.79 Å². The number of halogens is 1. The molecule has 7 nitrogen and oxygen atoms in total. The van der Waals surface area contributed by atoms with Crippen molar-refractivity contribution in [2.24, 2.45) is 0 Å². The number of aromatic nitrogens is 3. The van der Waals surface area contributed by atoms with Crippen LogP contribution in [0.1, 0.15) is 41.9 Å². The topological polar surface area (TPSA) is 101 Å². The minimum Gasteiger partial charge on any atom is -0.489 e. The molecule has 1 aliphatic carbocycles. The van der Waals surface area contributed by atoms with Crippen molar-refractivity contribution in [1.82, 2.24) is 20.3 Å². The number of ether oxygens (including phenoxy) is 1. The fourth-order valence-electron chi connectivity index (χ4n) is 2.76. The Hall–Kier alpha value is -2.72. The number of amides is 1. The van der Waals surface area contributed by atoms with E-state index >= 15 is 0 Å². The molecule has 0 radical (unpaired) electrons. The molecule has 1 saturated carbocycles. The van der Waals surface area contributed by atoms with Gasteiger partial charge < -0.3 is 10.1 Å². The van der Waals surface area contributed by atoms with E-state index in [4.69, 9.17) is 21.6 Å². The number of pyridine rings is 1. The molecule has 1 amide bonds. The van der Waals surface area contributed by atoms with Gasteiger partial charge in [-0.15, -0.1) is 0 Å². The Morgan fingerprint density at radius 1 is 1.24 bits per heavy atom. The highest BCUT2D eigenvalue weighted by molar-refractivity contribution is 6.31. The molecule has 0 saturated heterocycles. The molecule has 0 spiro atoms. The zero-order chi connectivity index (χ0) is 17.6. The van der Waals surface area contributed by atoms with Gasteiger partial charge in [-0.05, 0) is 25.7 Å². The normalized spacial score (nSPS) is 19.7. The van der Waals surface area contributed by atoms with Crippen molar-refractivity contribution in [3.8, 4) is 11.8 Å². The Labute approximate surface area is 150 Å². The summed E-state index contributed by atoms with van der Waals surface area (Å²) in [6.07, 6.45) is 9.27. The van der Waals surface area contributed by atoms with Crippen LogP contribution in [0.5, 0.6) is 5.75 Å². The minimum atomic E-state index is -0.208. The van der Waals surface area contributed by atoms with Crippen LogP contribution in [0.4, 0.5) is 0 Å². The summed E-state index contributed by atoms with van der Waals surface area (Å²) in [5, 5.41) is 12.1. The van der Waals surface area contributed by atoms with Crippen molar-refractivity contribution in [2.45, 2.75) is 37.8 Å². The van der Waals surface area contributed by atoms with E-state index < -0.39 is 0 Å².